The van der Waals surface area contributed by atoms with Crippen LogP contribution >= 0.6 is 0 Å². The van der Waals surface area contributed by atoms with Gasteiger partial charge in [0.1, 0.15) is 5.70 Å². The van der Waals surface area contributed by atoms with Crippen molar-refractivity contribution in [2.24, 2.45) is 0 Å². The molecule has 0 atom stereocenters. The summed E-state index contributed by atoms with van der Waals surface area (Å²) >= 11 is 0. The summed E-state index contributed by atoms with van der Waals surface area (Å²) in [5.74, 6) is -0.919. The Balaban J connectivity index is 1.71. The first-order chi connectivity index (χ1) is 15.0. The van der Waals surface area contributed by atoms with Crippen molar-refractivity contribution in [2.45, 2.75) is 13.5 Å². The van der Waals surface area contributed by atoms with Crippen molar-refractivity contribution >= 4 is 34.7 Å². The van der Waals surface area contributed by atoms with E-state index in [0.29, 0.717) is 22.5 Å². The lowest BCUT2D eigenvalue weighted by atomic mass is 10.0. The highest BCUT2D eigenvalue weighted by Gasteiger charge is 2.39. The summed E-state index contributed by atoms with van der Waals surface area (Å²) in [6.45, 7) is 1.62. The monoisotopic (exact) mass is 411 g/mol. The second-order valence-corrected chi connectivity index (χ2v) is 7.18. The number of nitrogens with one attached hydrogen (secondary N) is 2. The number of amides is 3. The van der Waals surface area contributed by atoms with E-state index < -0.39 is 0 Å². The van der Waals surface area contributed by atoms with Gasteiger partial charge in [-0.15, -0.1) is 0 Å². The molecule has 3 aromatic rings. The number of hydrogen-bond donors (Lipinski definition) is 2. The predicted molar refractivity (Wildman–Crippen MR) is 120 cm³/mol. The molecule has 1 heterocycles. The molecule has 0 bridgehead atoms. The first-order valence-electron chi connectivity index (χ1n) is 9.87. The molecular weight excluding hydrogens is 390 g/mol. The molecule has 4 rings (SSSR count). The molecule has 1 aliphatic rings. The Morgan fingerprint density at radius 2 is 1.39 bits per heavy atom. The molecule has 0 fully saturated rings. The van der Waals surface area contributed by atoms with Crippen LogP contribution in [0.15, 0.2) is 90.6 Å². The Bertz CT molecular complexity index is 1150. The number of anilines is 2. The van der Waals surface area contributed by atoms with E-state index in [4.69, 9.17) is 0 Å². The van der Waals surface area contributed by atoms with Gasteiger partial charge in [0.2, 0.25) is 5.91 Å². The molecule has 0 radical (unpaired) electrons. The van der Waals surface area contributed by atoms with Gasteiger partial charge in [0.15, 0.2) is 0 Å². The highest BCUT2D eigenvalue weighted by molar-refractivity contribution is 6.36. The van der Waals surface area contributed by atoms with Gasteiger partial charge in [0.05, 0.1) is 12.1 Å². The van der Waals surface area contributed by atoms with Crippen molar-refractivity contribution in [3.63, 3.8) is 0 Å². The van der Waals surface area contributed by atoms with Crippen LogP contribution in [0, 0.1) is 0 Å². The van der Waals surface area contributed by atoms with E-state index in [0.717, 1.165) is 5.56 Å². The normalized spacial score (nSPS) is 13.5. The SMILES string of the molecule is CC(=O)Nc1ccc(C2=C(Nc3ccccc3)C(=O)N(Cc3ccccc3)C2=O)cc1. The first-order valence-corrected chi connectivity index (χ1v) is 9.87. The van der Waals surface area contributed by atoms with Crippen LogP contribution in [0.2, 0.25) is 0 Å². The molecule has 6 nitrogen and oxygen atoms in total. The van der Waals surface area contributed by atoms with E-state index in [1.165, 1.54) is 11.8 Å². The van der Waals surface area contributed by atoms with Crippen molar-refractivity contribution in [1.29, 1.82) is 0 Å². The molecule has 0 aromatic heterocycles. The van der Waals surface area contributed by atoms with Crippen LogP contribution in [0.3, 0.4) is 0 Å². The largest absolute Gasteiger partial charge is 0.350 e. The minimum absolute atomic E-state index is 0.181. The maximum atomic E-state index is 13.3. The van der Waals surface area contributed by atoms with Gasteiger partial charge in [0.25, 0.3) is 11.8 Å². The fourth-order valence-electron chi connectivity index (χ4n) is 3.46. The van der Waals surface area contributed by atoms with E-state index in [9.17, 15) is 14.4 Å². The summed E-state index contributed by atoms with van der Waals surface area (Å²) in [6.07, 6.45) is 0. The maximum absolute atomic E-state index is 13.3. The lowest BCUT2D eigenvalue weighted by Crippen LogP contribution is -2.31. The molecule has 31 heavy (non-hydrogen) atoms. The second kappa shape index (κ2) is 8.67. The average molecular weight is 411 g/mol. The Morgan fingerprint density at radius 1 is 0.774 bits per heavy atom. The second-order valence-electron chi connectivity index (χ2n) is 7.18. The first kappa shape index (κ1) is 20.1. The number of carbonyl (C=O) groups excluding carboxylic acids is 3. The van der Waals surface area contributed by atoms with Gasteiger partial charge >= 0.3 is 0 Å². The quantitative estimate of drug-likeness (QED) is 0.600. The topological polar surface area (TPSA) is 78.5 Å². The molecule has 0 unspecified atom stereocenters. The molecule has 2 N–H and O–H groups in total. The number of imide groups is 1. The third-order valence-corrected chi connectivity index (χ3v) is 4.89. The third-order valence-electron chi connectivity index (χ3n) is 4.89. The molecule has 1 aliphatic heterocycles. The predicted octanol–water partition coefficient (Wildman–Crippen LogP) is 4.04. The highest BCUT2D eigenvalue weighted by Crippen LogP contribution is 2.32. The fraction of sp³-hybridized carbons (Fsp3) is 0.0800. The summed E-state index contributed by atoms with van der Waals surface area (Å²) in [5, 5.41) is 5.83. The van der Waals surface area contributed by atoms with E-state index in [2.05, 4.69) is 10.6 Å². The van der Waals surface area contributed by atoms with Crippen molar-refractivity contribution in [1.82, 2.24) is 4.90 Å². The van der Waals surface area contributed by atoms with Gasteiger partial charge in [-0.05, 0) is 35.4 Å². The summed E-state index contributed by atoms with van der Waals surface area (Å²) in [7, 11) is 0. The van der Waals surface area contributed by atoms with Crippen LogP contribution < -0.4 is 10.6 Å². The van der Waals surface area contributed by atoms with Crippen LogP contribution in [0.1, 0.15) is 18.1 Å². The summed E-state index contributed by atoms with van der Waals surface area (Å²) in [4.78, 5) is 39.1. The van der Waals surface area contributed by atoms with Crippen LogP contribution in [0.5, 0.6) is 0 Å². The molecular formula is C25H21N3O3. The smallest absolute Gasteiger partial charge is 0.278 e. The summed E-state index contributed by atoms with van der Waals surface area (Å²) in [6, 6.07) is 25.5. The lowest BCUT2D eigenvalue weighted by Gasteiger charge is -2.15. The van der Waals surface area contributed by atoms with Gasteiger partial charge in [-0.1, -0.05) is 60.7 Å². The minimum atomic E-state index is -0.376. The third kappa shape index (κ3) is 4.38. The molecule has 0 saturated heterocycles. The molecule has 3 aromatic carbocycles. The molecule has 0 spiro atoms. The fourth-order valence-corrected chi connectivity index (χ4v) is 3.46. The van der Waals surface area contributed by atoms with Gasteiger partial charge in [-0.25, -0.2) is 0 Å². The number of benzene rings is 3. The standard InChI is InChI=1S/C25H21N3O3/c1-17(29)26-21-14-12-19(13-15-21)22-23(27-20-10-6-3-7-11-20)25(31)28(24(22)30)16-18-8-4-2-5-9-18/h2-15,27H,16H2,1H3,(H,26,29). The maximum Gasteiger partial charge on any atom is 0.278 e. The Morgan fingerprint density at radius 3 is 2.00 bits per heavy atom. The number of rotatable bonds is 6. The molecule has 6 heteroatoms. The highest BCUT2D eigenvalue weighted by atomic mass is 16.2. The van der Waals surface area contributed by atoms with E-state index in [1.54, 1.807) is 24.3 Å². The van der Waals surface area contributed by atoms with E-state index >= 15 is 0 Å². The zero-order valence-corrected chi connectivity index (χ0v) is 17.0. The zero-order chi connectivity index (χ0) is 21.8. The van der Waals surface area contributed by atoms with Crippen LogP contribution in [-0.4, -0.2) is 22.6 Å². The number of nitrogens with zero attached hydrogens (tertiary/aromatic N) is 1. The molecule has 154 valence electrons. The van der Waals surface area contributed by atoms with Crippen molar-refractivity contribution < 1.29 is 14.4 Å². The Labute approximate surface area is 180 Å². The molecule has 3 amide bonds. The summed E-state index contributed by atoms with van der Waals surface area (Å²) < 4.78 is 0. The van der Waals surface area contributed by atoms with E-state index in [-0.39, 0.29) is 30.0 Å². The molecule has 0 saturated carbocycles. The van der Waals surface area contributed by atoms with Gasteiger partial charge in [-0.3, -0.25) is 19.3 Å². The Kier molecular flexibility index (Phi) is 5.62. The van der Waals surface area contributed by atoms with Crippen LogP contribution in [-0.2, 0) is 20.9 Å². The average Bonchev–Trinajstić information content (AvgIpc) is 3.00. The van der Waals surface area contributed by atoms with Crippen LogP contribution in [0.25, 0.3) is 5.57 Å². The zero-order valence-electron chi connectivity index (χ0n) is 17.0. The van der Waals surface area contributed by atoms with Gasteiger partial charge in [0, 0.05) is 18.3 Å². The number of hydrogen-bond acceptors (Lipinski definition) is 4. The Hall–Kier alpha value is -4.19. The van der Waals surface area contributed by atoms with Gasteiger partial charge < -0.3 is 10.6 Å². The lowest BCUT2D eigenvalue weighted by molar-refractivity contribution is -0.137. The van der Waals surface area contributed by atoms with Crippen molar-refractivity contribution in [3.05, 3.63) is 102 Å². The number of carbonyl (C=O) groups is 3. The molecule has 0 aliphatic carbocycles. The van der Waals surface area contributed by atoms with Crippen molar-refractivity contribution in [2.75, 3.05) is 10.6 Å². The van der Waals surface area contributed by atoms with Crippen LogP contribution in [0.4, 0.5) is 11.4 Å². The van der Waals surface area contributed by atoms with Gasteiger partial charge in [-0.2, -0.15) is 0 Å². The minimum Gasteiger partial charge on any atom is -0.350 e. The summed E-state index contributed by atoms with van der Waals surface area (Å²) in [5.41, 5.74) is 3.34. The number of para-hydroxylation sites is 1. The van der Waals surface area contributed by atoms with E-state index in [1.807, 2.05) is 60.7 Å². The van der Waals surface area contributed by atoms with Crippen molar-refractivity contribution in [3.8, 4) is 0 Å².